The van der Waals surface area contributed by atoms with Gasteiger partial charge in [0, 0.05) is 24.5 Å². The average molecular weight is 330 g/mol. The van der Waals surface area contributed by atoms with Gasteiger partial charge >= 0.3 is 0 Å². The zero-order valence-electron chi connectivity index (χ0n) is 13.7. The molecule has 0 radical (unpaired) electrons. The molecule has 1 saturated heterocycles. The van der Waals surface area contributed by atoms with Gasteiger partial charge in [-0.05, 0) is 16.7 Å². The summed E-state index contributed by atoms with van der Waals surface area (Å²) in [6, 6.07) is 17.2. The lowest BCUT2D eigenvalue weighted by molar-refractivity contribution is 0.0768. The first-order valence-electron chi connectivity index (χ1n) is 8.89. The van der Waals surface area contributed by atoms with E-state index < -0.39 is 0 Å². The van der Waals surface area contributed by atoms with Crippen LogP contribution in [0.2, 0.25) is 0 Å². The number of fused-ring (bicyclic) bond motifs is 6. The van der Waals surface area contributed by atoms with Gasteiger partial charge < -0.3 is 14.8 Å². The Labute approximate surface area is 146 Å². The summed E-state index contributed by atoms with van der Waals surface area (Å²) >= 11 is 0. The molecule has 4 heteroatoms. The van der Waals surface area contributed by atoms with Crippen LogP contribution in [-0.4, -0.2) is 24.1 Å². The number of aliphatic imine (C=N–C) groups is 1. The van der Waals surface area contributed by atoms with Crippen LogP contribution in [0.15, 0.2) is 65.5 Å². The van der Waals surface area contributed by atoms with Crippen LogP contribution >= 0.6 is 0 Å². The van der Waals surface area contributed by atoms with Crippen molar-refractivity contribution < 1.29 is 9.47 Å². The van der Waals surface area contributed by atoms with Gasteiger partial charge in [0.25, 0.3) is 0 Å². The third-order valence-electron chi connectivity index (χ3n) is 5.63. The zero-order valence-corrected chi connectivity index (χ0v) is 13.7. The largest absolute Gasteiger partial charge is 0.473 e. The average Bonchev–Trinajstić information content (AvgIpc) is 3.33. The lowest BCUT2D eigenvalue weighted by Gasteiger charge is -2.10. The number of benzene rings is 2. The fraction of sp³-hybridized carbons (Fsp3) is 0.286. The molecule has 0 amide bonds. The number of nitrogens with one attached hydrogen (secondary N) is 1. The molecule has 0 saturated carbocycles. The van der Waals surface area contributed by atoms with Crippen LogP contribution in [0.3, 0.4) is 0 Å². The molecule has 0 bridgehead atoms. The Morgan fingerprint density at radius 2 is 1.84 bits per heavy atom. The molecule has 0 spiro atoms. The Bertz CT molecular complexity index is 933. The molecular weight excluding hydrogens is 312 g/mol. The van der Waals surface area contributed by atoms with Crippen LogP contribution < -0.4 is 5.32 Å². The molecule has 2 heterocycles. The Morgan fingerprint density at radius 3 is 2.80 bits per heavy atom. The van der Waals surface area contributed by atoms with E-state index in [1.54, 1.807) is 0 Å². The molecule has 6 rings (SSSR count). The summed E-state index contributed by atoms with van der Waals surface area (Å²) in [5.41, 5.74) is 6.38. The van der Waals surface area contributed by atoms with Crippen LogP contribution in [-0.2, 0) is 22.3 Å². The minimum atomic E-state index is -0.259. The van der Waals surface area contributed by atoms with Crippen molar-refractivity contribution in [3.63, 3.8) is 0 Å². The maximum atomic E-state index is 6.12. The Balaban J connectivity index is 1.25. The van der Waals surface area contributed by atoms with Crippen molar-refractivity contribution in [3.8, 4) is 0 Å². The van der Waals surface area contributed by atoms with Crippen LogP contribution in [0.5, 0.6) is 0 Å². The number of nitrogens with zero attached hydrogens (tertiary/aromatic N) is 1. The topological polar surface area (TPSA) is 42.8 Å². The molecule has 2 aliphatic heterocycles. The predicted molar refractivity (Wildman–Crippen MR) is 94.3 cm³/mol. The molecule has 25 heavy (non-hydrogen) atoms. The first-order chi connectivity index (χ1) is 12.3. The van der Waals surface area contributed by atoms with E-state index in [0.29, 0.717) is 0 Å². The summed E-state index contributed by atoms with van der Waals surface area (Å²) in [5.74, 6) is 0.798. The zero-order chi connectivity index (χ0) is 16.4. The first-order valence-corrected chi connectivity index (χ1v) is 8.89. The second-order valence-electron chi connectivity index (χ2n) is 7.10. The Hall–Kier alpha value is -2.59. The molecule has 4 atom stereocenters. The molecule has 1 N–H and O–H groups in total. The van der Waals surface area contributed by atoms with E-state index in [1.807, 2.05) is 6.08 Å². The summed E-state index contributed by atoms with van der Waals surface area (Å²) in [6.07, 6.45) is 3.86. The predicted octanol–water partition coefficient (Wildman–Crippen LogP) is 2.88. The molecular formula is C21H18N2O2. The first kappa shape index (κ1) is 13.7. The molecule has 124 valence electrons. The van der Waals surface area contributed by atoms with Gasteiger partial charge in [-0.3, -0.25) is 4.99 Å². The van der Waals surface area contributed by atoms with Crippen molar-refractivity contribution in [1.29, 1.82) is 0 Å². The van der Waals surface area contributed by atoms with Gasteiger partial charge in [0.15, 0.2) is 12.1 Å². The smallest absolute Gasteiger partial charge is 0.188 e. The highest BCUT2D eigenvalue weighted by Crippen LogP contribution is 2.39. The minimum Gasteiger partial charge on any atom is -0.473 e. The van der Waals surface area contributed by atoms with Crippen LogP contribution in [0.25, 0.3) is 0 Å². The Morgan fingerprint density at radius 1 is 1.00 bits per heavy atom. The SMILES string of the molecule is C(=C1\N[C@@H]2c3ccccc3C[C@@H]2O1)/C1N=C2c3ccccc3C[C@@H]2O1. The van der Waals surface area contributed by atoms with E-state index >= 15 is 0 Å². The number of ether oxygens (including phenoxy) is 2. The van der Waals surface area contributed by atoms with Gasteiger partial charge in [0.2, 0.25) is 0 Å². The second-order valence-corrected chi connectivity index (χ2v) is 7.10. The normalized spacial score (nSPS) is 32.5. The van der Waals surface area contributed by atoms with Crippen LogP contribution in [0, 0.1) is 0 Å². The minimum absolute atomic E-state index is 0.0841. The molecule has 1 fully saturated rings. The van der Waals surface area contributed by atoms with Gasteiger partial charge in [-0.15, -0.1) is 0 Å². The highest BCUT2D eigenvalue weighted by Gasteiger charge is 2.41. The van der Waals surface area contributed by atoms with E-state index in [9.17, 15) is 0 Å². The van der Waals surface area contributed by atoms with Crippen LogP contribution in [0.4, 0.5) is 0 Å². The maximum Gasteiger partial charge on any atom is 0.188 e. The summed E-state index contributed by atoms with van der Waals surface area (Å²) in [4.78, 5) is 4.79. The monoisotopic (exact) mass is 330 g/mol. The molecule has 1 unspecified atom stereocenters. The van der Waals surface area contributed by atoms with Crippen molar-refractivity contribution in [2.24, 2.45) is 4.99 Å². The standard InChI is InChI=1S/C21H18N2O2/c1-3-7-14-12(5-1)9-16-20(14)22-18(24-16)11-19-23-21-15-8-4-2-6-13(15)10-17(21)25-19/h1-8,11,16-18,21,23H,9-10H2/b19-11-/t16-,17-,18?,21+/m0/s1. The van der Waals surface area contributed by atoms with Gasteiger partial charge in [-0.1, -0.05) is 48.5 Å². The molecule has 2 aromatic rings. The fourth-order valence-corrected chi connectivity index (χ4v) is 4.50. The number of hydrogen-bond donors (Lipinski definition) is 1. The van der Waals surface area contributed by atoms with Crippen molar-refractivity contribution in [2.45, 2.75) is 37.3 Å². The second kappa shape index (κ2) is 4.96. The maximum absolute atomic E-state index is 6.12. The lowest BCUT2D eigenvalue weighted by atomic mass is 10.1. The van der Waals surface area contributed by atoms with Crippen molar-refractivity contribution >= 4 is 5.71 Å². The van der Waals surface area contributed by atoms with Gasteiger partial charge in [-0.2, -0.15) is 0 Å². The van der Waals surface area contributed by atoms with Gasteiger partial charge in [-0.25, -0.2) is 0 Å². The third-order valence-corrected chi connectivity index (χ3v) is 5.63. The van der Waals surface area contributed by atoms with E-state index in [4.69, 9.17) is 14.5 Å². The summed E-state index contributed by atoms with van der Waals surface area (Å²) in [7, 11) is 0. The fourth-order valence-electron chi connectivity index (χ4n) is 4.50. The van der Waals surface area contributed by atoms with Gasteiger partial charge in [0.05, 0.1) is 11.8 Å². The summed E-state index contributed by atoms with van der Waals surface area (Å²) in [6.45, 7) is 0. The van der Waals surface area contributed by atoms with E-state index in [0.717, 1.165) is 24.4 Å². The van der Waals surface area contributed by atoms with Crippen LogP contribution in [0.1, 0.15) is 28.3 Å². The molecule has 2 aromatic carbocycles. The van der Waals surface area contributed by atoms with Crippen molar-refractivity contribution in [3.05, 3.63) is 82.7 Å². The molecule has 2 aliphatic carbocycles. The highest BCUT2D eigenvalue weighted by atomic mass is 16.5. The van der Waals surface area contributed by atoms with Gasteiger partial charge in [0.1, 0.15) is 12.2 Å². The summed E-state index contributed by atoms with van der Waals surface area (Å²) in [5, 5.41) is 3.51. The van der Waals surface area contributed by atoms with E-state index in [2.05, 4.69) is 53.8 Å². The molecule has 4 nitrogen and oxygen atoms in total. The van der Waals surface area contributed by atoms with E-state index in [1.165, 1.54) is 22.3 Å². The molecule has 4 aliphatic rings. The third kappa shape index (κ3) is 2.01. The lowest BCUT2D eigenvalue weighted by Crippen LogP contribution is -2.18. The summed E-state index contributed by atoms with van der Waals surface area (Å²) < 4.78 is 12.2. The van der Waals surface area contributed by atoms with Crippen molar-refractivity contribution in [2.75, 3.05) is 0 Å². The quantitative estimate of drug-likeness (QED) is 0.874. The highest BCUT2D eigenvalue weighted by molar-refractivity contribution is 6.08. The number of rotatable bonds is 1. The Kier molecular flexibility index (Phi) is 2.71. The number of hydrogen-bond acceptors (Lipinski definition) is 4. The van der Waals surface area contributed by atoms with Crippen molar-refractivity contribution in [1.82, 2.24) is 5.32 Å². The molecule has 0 aromatic heterocycles. The van der Waals surface area contributed by atoms with E-state index in [-0.39, 0.29) is 24.5 Å².